The Bertz CT molecular complexity index is 1300. The summed E-state index contributed by atoms with van der Waals surface area (Å²) in [4.78, 5) is 13.0. The largest absolute Gasteiger partial charge is 0.504 e. The van der Waals surface area contributed by atoms with Crippen LogP contribution >= 0.6 is 0 Å². The number of carbonyl (C=O) groups excluding carboxylic acids is 1. The highest BCUT2D eigenvalue weighted by molar-refractivity contribution is 5.87. The molecule has 10 atom stereocenters. The van der Waals surface area contributed by atoms with Crippen LogP contribution in [-0.2, 0) is 9.53 Å². The van der Waals surface area contributed by atoms with Crippen molar-refractivity contribution in [3.8, 4) is 11.5 Å². The van der Waals surface area contributed by atoms with E-state index in [-0.39, 0.29) is 39.8 Å². The molecule has 0 aliphatic heterocycles. The van der Waals surface area contributed by atoms with Crippen molar-refractivity contribution in [3.63, 3.8) is 0 Å². The molecule has 5 aliphatic rings. The smallest absolute Gasteiger partial charge is 0.331 e. The molecular formula is C38H56O5. The third-order valence-corrected chi connectivity index (χ3v) is 15.0. The van der Waals surface area contributed by atoms with Gasteiger partial charge in [0.25, 0.3) is 0 Å². The number of esters is 1. The van der Waals surface area contributed by atoms with E-state index >= 15 is 0 Å². The Labute approximate surface area is 259 Å². The van der Waals surface area contributed by atoms with E-state index in [2.05, 4.69) is 48.5 Å². The van der Waals surface area contributed by atoms with Gasteiger partial charge >= 0.3 is 5.97 Å². The minimum atomic E-state index is -0.523. The van der Waals surface area contributed by atoms with Crippen molar-refractivity contribution in [3.05, 3.63) is 29.8 Å². The number of hydrogen-bond acceptors (Lipinski definition) is 5. The highest BCUT2D eigenvalue weighted by atomic mass is 16.5. The van der Waals surface area contributed by atoms with E-state index in [1.165, 1.54) is 56.7 Å². The topological polar surface area (TPSA) is 87.0 Å². The van der Waals surface area contributed by atoms with Gasteiger partial charge in [0.15, 0.2) is 11.5 Å². The van der Waals surface area contributed by atoms with E-state index in [0.29, 0.717) is 40.1 Å². The van der Waals surface area contributed by atoms with Crippen molar-refractivity contribution < 1.29 is 24.9 Å². The summed E-state index contributed by atoms with van der Waals surface area (Å²) >= 11 is 0. The Balaban J connectivity index is 1.21. The fraction of sp³-hybridized carbons (Fsp3) is 0.763. The van der Waals surface area contributed by atoms with Crippen molar-refractivity contribution in [1.82, 2.24) is 0 Å². The average Bonchev–Trinajstić information content (AvgIpc) is 2.92. The van der Waals surface area contributed by atoms with E-state index in [0.717, 1.165) is 32.1 Å². The Kier molecular flexibility index (Phi) is 7.20. The van der Waals surface area contributed by atoms with Gasteiger partial charge in [-0.2, -0.15) is 0 Å². The Hall–Kier alpha value is -2.01. The molecule has 0 bridgehead atoms. The normalized spacial score (nSPS) is 47.1. The zero-order chi connectivity index (χ0) is 31.2. The number of rotatable bonds is 3. The minimum absolute atomic E-state index is 0.125. The molecule has 0 aromatic heterocycles. The van der Waals surface area contributed by atoms with E-state index in [9.17, 15) is 20.1 Å². The first-order valence-corrected chi connectivity index (χ1v) is 17.1. The van der Waals surface area contributed by atoms with Gasteiger partial charge in [0, 0.05) is 11.5 Å². The first-order chi connectivity index (χ1) is 20.0. The van der Waals surface area contributed by atoms with Crippen LogP contribution in [0.2, 0.25) is 0 Å². The highest BCUT2D eigenvalue weighted by Gasteiger charge is 2.70. The van der Waals surface area contributed by atoms with Crippen LogP contribution in [0.1, 0.15) is 125 Å². The monoisotopic (exact) mass is 592 g/mol. The predicted molar refractivity (Wildman–Crippen MR) is 170 cm³/mol. The van der Waals surface area contributed by atoms with E-state index in [1.54, 1.807) is 12.1 Å². The van der Waals surface area contributed by atoms with Crippen molar-refractivity contribution in [2.75, 3.05) is 0 Å². The zero-order valence-electron chi connectivity index (χ0n) is 27.7. The lowest BCUT2D eigenvalue weighted by atomic mass is 9.31. The Morgan fingerprint density at radius 2 is 1.51 bits per heavy atom. The number of aromatic hydroxyl groups is 2. The van der Waals surface area contributed by atoms with E-state index in [4.69, 9.17) is 4.74 Å². The SMILES string of the molecule is CC1(C)[C@@H](OC(=O)/C=C/c2ccc(O)c(O)c2)CC[C@]2(C)[C@H]3CC[C@@H]4[C@@H]5C[C@@](C)(O)CC[C@]5(C)CC[C@@]4(C)[C@]3(C)CC[C@@H]12. The predicted octanol–water partition coefficient (Wildman–Crippen LogP) is 8.65. The number of ether oxygens (including phenoxy) is 1. The van der Waals surface area contributed by atoms with Crippen LogP contribution in [0.4, 0.5) is 0 Å². The lowest BCUT2D eigenvalue weighted by Gasteiger charge is -2.73. The summed E-state index contributed by atoms with van der Waals surface area (Å²) in [5.41, 5.74) is 1.15. The molecule has 5 heteroatoms. The van der Waals surface area contributed by atoms with Crippen molar-refractivity contribution >= 4 is 12.0 Å². The molecule has 238 valence electrons. The summed E-state index contributed by atoms with van der Waals surface area (Å²) in [7, 11) is 0. The van der Waals surface area contributed by atoms with Crippen molar-refractivity contribution in [2.24, 2.45) is 50.7 Å². The Morgan fingerprint density at radius 1 is 0.791 bits per heavy atom. The number of aliphatic hydroxyl groups is 1. The maximum absolute atomic E-state index is 13.0. The molecule has 0 unspecified atom stereocenters. The second-order valence-corrected chi connectivity index (χ2v) is 17.5. The van der Waals surface area contributed by atoms with Crippen molar-refractivity contribution in [1.29, 1.82) is 0 Å². The molecule has 6 rings (SSSR count). The second-order valence-electron chi connectivity index (χ2n) is 17.5. The number of fused-ring (bicyclic) bond motifs is 7. The molecule has 5 saturated carbocycles. The molecule has 3 N–H and O–H groups in total. The van der Waals surface area contributed by atoms with Crippen LogP contribution < -0.4 is 0 Å². The number of benzene rings is 1. The van der Waals surface area contributed by atoms with Gasteiger partial charge in [-0.15, -0.1) is 0 Å². The highest BCUT2D eigenvalue weighted by Crippen LogP contribution is 2.76. The standard InChI is InChI=1S/C38H56O5/c1-33(2)29-14-17-38(7)30(12-10-25-26-23-35(4,42)20-18-34(26,3)19-21-37(25,38)6)36(29,5)16-15-31(33)43-32(41)13-9-24-8-11-27(39)28(40)22-24/h8-9,11,13,22,25-26,29-31,39-40,42H,10,12,14-21,23H2,1-7H3/b13-9+/t25-,26+,29+,30-,31+,34-,35+,36+,37-,38-/m1/s1. The Morgan fingerprint density at radius 3 is 2.23 bits per heavy atom. The molecule has 0 saturated heterocycles. The van der Waals surface area contributed by atoms with Crippen LogP contribution in [0.15, 0.2) is 24.3 Å². The molecule has 5 fully saturated rings. The summed E-state index contributed by atoms with van der Waals surface area (Å²) < 4.78 is 6.17. The summed E-state index contributed by atoms with van der Waals surface area (Å²) in [5, 5.41) is 30.5. The van der Waals surface area contributed by atoms with Gasteiger partial charge in [0.1, 0.15) is 6.10 Å². The first-order valence-electron chi connectivity index (χ1n) is 17.1. The van der Waals surface area contributed by atoms with Crippen LogP contribution in [0.25, 0.3) is 6.08 Å². The molecule has 0 spiro atoms. The molecule has 0 heterocycles. The van der Waals surface area contributed by atoms with Gasteiger partial charge in [-0.05, 0) is 147 Å². The molecule has 5 nitrogen and oxygen atoms in total. The maximum Gasteiger partial charge on any atom is 0.331 e. The average molecular weight is 593 g/mol. The van der Waals surface area contributed by atoms with Gasteiger partial charge in [-0.1, -0.05) is 47.6 Å². The number of carbonyl (C=O) groups is 1. The van der Waals surface area contributed by atoms with Crippen LogP contribution in [0, 0.1) is 50.7 Å². The molecule has 0 amide bonds. The van der Waals surface area contributed by atoms with Crippen LogP contribution in [-0.4, -0.2) is 33.0 Å². The summed E-state index contributed by atoms with van der Waals surface area (Å²) in [6.07, 6.45) is 15.6. The second kappa shape index (κ2) is 9.99. The lowest BCUT2D eigenvalue weighted by Crippen LogP contribution is -2.67. The summed E-state index contributed by atoms with van der Waals surface area (Å²) in [5.74, 6) is 1.72. The van der Waals surface area contributed by atoms with Gasteiger partial charge < -0.3 is 20.1 Å². The third kappa shape index (κ3) is 4.69. The zero-order valence-corrected chi connectivity index (χ0v) is 27.7. The van der Waals surface area contributed by atoms with Crippen LogP contribution in [0.5, 0.6) is 11.5 Å². The summed E-state index contributed by atoms with van der Waals surface area (Å²) in [6.45, 7) is 17.2. The van der Waals surface area contributed by atoms with Gasteiger partial charge in [0.2, 0.25) is 0 Å². The number of phenolic OH excluding ortho intramolecular Hbond substituents is 2. The number of phenols is 2. The summed E-state index contributed by atoms with van der Waals surface area (Å²) in [6, 6.07) is 4.51. The van der Waals surface area contributed by atoms with Gasteiger partial charge in [-0.25, -0.2) is 4.79 Å². The molecular weight excluding hydrogens is 536 g/mol. The fourth-order valence-corrected chi connectivity index (χ4v) is 12.3. The minimum Gasteiger partial charge on any atom is -0.504 e. The molecule has 5 aliphatic carbocycles. The first kappa shape index (κ1) is 31.0. The van der Waals surface area contributed by atoms with Gasteiger partial charge in [-0.3, -0.25) is 0 Å². The van der Waals surface area contributed by atoms with E-state index < -0.39 is 5.60 Å². The van der Waals surface area contributed by atoms with Gasteiger partial charge in [0.05, 0.1) is 5.60 Å². The number of hydrogen-bond donors (Lipinski definition) is 3. The quantitative estimate of drug-likeness (QED) is 0.186. The molecule has 1 aromatic carbocycles. The lowest BCUT2D eigenvalue weighted by molar-refractivity contribution is -0.257. The molecule has 1 aromatic rings. The third-order valence-electron chi connectivity index (χ3n) is 15.0. The maximum atomic E-state index is 13.0. The van der Waals surface area contributed by atoms with Crippen molar-refractivity contribution in [2.45, 2.75) is 131 Å². The molecule has 0 radical (unpaired) electrons. The van der Waals surface area contributed by atoms with Crippen LogP contribution in [0.3, 0.4) is 0 Å². The molecule has 43 heavy (non-hydrogen) atoms. The fourth-order valence-electron chi connectivity index (χ4n) is 12.3. The van der Waals surface area contributed by atoms with E-state index in [1.807, 2.05) is 0 Å².